The van der Waals surface area contributed by atoms with E-state index in [4.69, 9.17) is 0 Å². The summed E-state index contributed by atoms with van der Waals surface area (Å²) in [6.45, 7) is 8.18. The van der Waals surface area contributed by atoms with Crippen molar-refractivity contribution < 1.29 is 4.79 Å². The van der Waals surface area contributed by atoms with Crippen LogP contribution < -0.4 is 0 Å². The van der Waals surface area contributed by atoms with Gasteiger partial charge in [-0.3, -0.25) is 0 Å². The predicted molar refractivity (Wildman–Crippen MR) is 52.3 cm³/mol. The normalized spacial score (nSPS) is 12.1. The van der Waals surface area contributed by atoms with E-state index in [1.54, 1.807) is 0 Å². The Morgan fingerprint density at radius 2 is 1.75 bits per heavy atom. The van der Waals surface area contributed by atoms with E-state index >= 15 is 0 Å². The van der Waals surface area contributed by atoms with Crippen molar-refractivity contribution in [3.63, 3.8) is 0 Å². The minimum Gasteiger partial charge on any atom is -0.306 e. The maximum Gasteiger partial charge on any atom is 0.127 e. The summed E-state index contributed by atoms with van der Waals surface area (Å²) >= 11 is 0. The Morgan fingerprint density at radius 1 is 1.25 bits per heavy atom. The summed E-state index contributed by atoms with van der Waals surface area (Å²) in [5.74, 6) is 0. The van der Waals surface area contributed by atoms with Gasteiger partial charge >= 0.3 is 0 Å². The van der Waals surface area contributed by atoms with Gasteiger partial charge in [-0.15, -0.1) is 0 Å². The van der Waals surface area contributed by atoms with Gasteiger partial charge in [-0.05, 0) is 26.4 Å². The van der Waals surface area contributed by atoms with Crippen molar-refractivity contribution in [3.8, 4) is 0 Å². The summed E-state index contributed by atoms with van der Waals surface area (Å²) in [4.78, 5) is 13.1. The highest BCUT2D eigenvalue weighted by atomic mass is 16.1. The van der Waals surface area contributed by atoms with E-state index in [2.05, 4.69) is 32.7 Å². The Bertz CT molecular complexity index is 130. The van der Waals surface area contributed by atoms with Crippen molar-refractivity contribution in [1.29, 1.82) is 0 Å². The molecule has 0 aromatic rings. The third-order valence-electron chi connectivity index (χ3n) is 2.78. The van der Waals surface area contributed by atoms with Crippen LogP contribution >= 0.6 is 0 Å². The lowest BCUT2D eigenvalue weighted by molar-refractivity contribution is -0.117. The first kappa shape index (κ1) is 11.6. The third kappa shape index (κ3) is 2.94. The Kier molecular flexibility index (Phi) is 5.14. The van der Waals surface area contributed by atoms with E-state index in [9.17, 15) is 4.79 Å². The molecule has 72 valence electrons. The molecule has 0 aromatic heterocycles. The number of carbonyl (C=O) groups is 1. The van der Waals surface area contributed by atoms with Crippen LogP contribution in [-0.4, -0.2) is 31.3 Å². The zero-order valence-electron chi connectivity index (χ0n) is 8.76. The molecule has 0 atom stereocenters. The van der Waals surface area contributed by atoms with Gasteiger partial charge < -0.3 is 9.69 Å². The monoisotopic (exact) mass is 171 g/mol. The average Bonchev–Trinajstić information content (AvgIpc) is 2.14. The van der Waals surface area contributed by atoms with E-state index in [0.29, 0.717) is 0 Å². The van der Waals surface area contributed by atoms with Crippen LogP contribution in [-0.2, 0) is 4.79 Å². The molecule has 0 saturated heterocycles. The Balaban J connectivity index is 4.19. The Hall–Kier alpha value is -0.370. The van der Waals surface area contributed by atoms with Crippen LogP contribution in [0.1, 0.15) is 33.6 Å². The number of aldehydes is 1. The molecule has 0 fully saturated rings. The molecule has 2 heteroatoms. The number of carbonyl (C=O) groups excluding carboxylic acids is 1. The molecule has 0 radical (unpaired) electrons. The maximum atomic E-state index is 10.9. The van der Waals surface area contributed by atoms with Gasteiger partial charge in [0.15, 0.2) is 0 Å². The summed E-state index contributed by atoms with van der Waals surface area (Å²) < 4.78 is 0. The van der Waals surface area contributed by atoms with Crippen molar-refractivity contribution in [1.82, 2.24) is 4.90 Å². The van der Waals surface area contributed by atoms with Crippen molar-refractivity contribution in [3.05, 3.63) is 0 Å². The minimum atomic E-state index is -0.106. The second kappa shape index (κ2) is 5.31. The molecule has 0 bridgehead atoms. The summed E-state index contributed by atoms with van der Waals surface area (Å²) in [7, 11) is 2.06. The largest absolute Gasteiger partial charge is 0.306 e. The van der Waals surface area contributed by atoms with Crippen molar-refractivity contribution in [2.45, 2.75) is 33.6 Å². The second-order valence-corrected chi connectivity index (χ2v) is 3.52. The quantitative estimate of drug-likeness (QED) is 0.569. The topological polar surface area (TPSA) is 20.3 Å². The van der Waals surface area contributed by atoms with Crippen LogP contribution in [0.25, 0.3) is 0 Å². The van der Waals surface area contributed by atoms with Crippen LogP contribution in [0, 0.1) is 5.41 Å². The van der Waals surface area contributed by atoms with Crippen LogP contribution in [0.2, 0.25) is 0 Å². The molecule has 0 unspecified atom stereocenters. The van der Waals surface area contributed by atoms with Gasteiger partial charge in [-0.1, -0.05) is 20.8 Å². The second-order valence-electron chi connectivity index (χ2n) is 3.52. The lowest BCUT2D eigenvalue weighted by atomic mass is 9.83. The fourth-order valence-electron chi connectivity index (χ4n) is 1.33. The third-order valence-corrected chi connectivity index (χ3v) is 2.78. The highest BCUT2D eigenvalue weighted by Crippen LogP contribution is 2.24. The highest BCUT2D eigenvalue weighted by molar-refractivity contribution is 5.59. The lowest BCUT2D eigenvalue weighted by Gasteiger charge is -2.29. The van der Waals surface area contributed by atoms with Gasteiger partial charge in [0.05, 0.1) is 0 Å². The van der Waals surface area contributed by atoms with Crippen molar-refractivity contribution >= 4 is 6.29 Å². The molecule has 0 spiro atoms. The van der Waals surface area contributed by atoms with Crippen LogP contribution in [0.15, 0.2) is 0 Å². The van der Waals surface area contributed by atoms with E-state index in [1.165, 1.54) is 0 Å². The SMILES string of the molecule is CCN(C)CC(C=O)(CC)CC. The molecule has 0 aromatic carbocycles. The molecular formula is C10H21NO. The van der Waals surface area contributed by atoms with Gasteiger partial charge in [0.1, 0.15) is 6.29 Å². The van der Waals surface area contributed by atoms with E-state index in [-0.39, 0.29) is 5.41 Å². The van der Waals surface area contributed by atoms with E-state index < -0.39 is 0 Å². The molecule has 2 nitrogen and oxygen atoms in total. The molecule has 0 rings (SSSR count). The summed E-state index contributed by atoms with van der Waals surface area (Å²) in [5, 5.41) is 0. The first-order chi connectivity index (χ1) is 5.64. The molecule has 0 saturated carbocycles. The fourth-order valence-corrected chi connectivity index (χ4v) is 1.33. The first-order valence-corrected chi connectivity index (χ1v) is 4.79. The standard InChI is InChI=1S/C10H21NO/c1-5-10(6-2,9-12)8-11(4)7-3/h9H,5-8H2,1-4H3. The molecule has 0 N–H and O–H groups in total. The van der Waals surface area contributed by atoms with Gasteiger partial charge in [-0.25, -0.2) is 0 Å². The lowest BCUT2D eigenvalue weighted by Crippen LogP contribution is -2.36. The number of hydrogen-bond donors (Lipinski definition) is 0. The zero-order valence-corrected chi connectivity index (χ0v) is 8.76. The molecule has 0 amide bonds. The Morgan fingerprint density at radius 3 is 2.00 bits per heavy atom. The first-order valence-electron chi connectivity index (χ1n) is 4.79. The van der Waals surface area contributed by atoms with Crippen LogP contribution in [0.5, 0.6) is 0 Å². The average molecular weight is 171 g/mol. The van der Waals surface area contributed by atoms with Crippen molar-refractivity contribution in [2.75, 3.05) is 20.1 Å². The predicted octanol–water partition coefficient (Wildman–Crippen LogP) is 1.94. The number of nitrogens with zero attached hydrogens (tertiary/aromatic N) is 1. The smallest absolute Gasteiger partial charge is 0.127 e. The van der Waals surface area contributed by atoms with E-state index in [1.807, 2.05) is 0 Å². The van der Waals surface area contributed by atoms with Crippen LogP contribution in [0.4, 0.5) is 0 Å². The molecule has 0 aliphatic rings. The summed E-state index contributed by atoms with van der Waals surface area (Å²) in [6, 6.07) is 0. The Labute approximate surface area is 75.9 Å². The van der Waals surface area contributed by atoms with Gasteiger partial charge in [0, 0.05) is 12.0 Å². The number of hydrogen-bond acceptors (Lipinski definition) is 2. The number of rotatable bonds is 6. The summed E-state index contributed by atoms with van der Waals surface area (Å²) in [5.41, 5.74) is -0.106. The highest BCUT2D eigenvalue weighted by Gasteiger charge is 2.26. The van der Waals surface area contributed by atoms with E-state index in [0.717, 1.165) is 32.2 Å². The molecule has 12 heavy (non-hydrogen) atoms. The van der Waals surface area contributed by atoms with Gasteiger partial charge in [-0.2, -0.15) is 0 Å². The zero-order chi connectivity index (χ0) is 9.61. The molecular weight excluding hydrogens is 150 g/mol. The van der Waals surface area contributed by atoms with Crippen LogP contribution in [0.3, 0.4) is 0 Å². The van der Waals surface area contributed by atoms with Gasteiger partial charge in [0.2, 0.25) is 0 Å². The molecule has 0 heterocycles. The molecule has 0 aliphatic heterocycles. The van der Waals surface area contributed by atoms with Crippen molar-refractivity contribution in [2.24, 2.45) is 5.41 Å². The fraction of sp³-hybridized carbons (Fsp3) is 0.900. The minimum absolute atomic E-state index is 0.106. The summed E-state index contributed by atoms with van der Waals surface area (Å²) in [6.07, 6.45) is 3.01. The molecule has 0 aliphatic carbocycles. The maximum absolute atomic E-state index is 10.9. The van der Waals surface area contributed by atoms with Gasteiger partial charge in [0.25, 0.3) is 0 Å².